The molecule has 3 atom stereocenters. The molecular formula is C13H27N3O. The molecule has 1 aliphatic rings. The maximum Gasteiger partial charge on any atom is 0.237 e. The number of amides is 1. The van der Waals surface area contributed by atoms with Gasteiger partial charge in [0.25, 0.3) is 0 Å². The summed E-state index contributed by atoms with van der Waals surface area (Å²) in [6.45, 7) is 5.37. The highest BCUT2D eigenvalue weighted by Crippen LogP contribution is 2.15. The summed E-state index contributed by atoms with van der Waals surface area (Å²) in [5.41, 5.74) is 5.86. The molecule has 0 aromatic heterocycles. The number of hydrogen-bond donors (Lipinski definition) is 2. The van der Waals surface area contributed by atoms with Gasteiger partial charge in [0.05, 0.1) is 6.04 Å². The minimum atomic E-state index is -0.329. The Morgan fingerprint density at radius 2 is 2.29 bits per heavy atom. The van der Waals surface area contributed by atoms with Gasteiger partial charge in [-0.1, -0.05) is 19.8 Å². The van der Waals surface area contributed by atoms with Crippen LogP contribution in [0.3, 0.4) is 0 Å². The molecule has 1 heterocycles. The summed E-state index contributed by atoms with van der Waals surface area (Å²) in [5, 5.41) is 3.09. The van der Waals surface area contributed by atoms with E-state index in [4.69, 9.17) is 5.73 Å². The van der Waals surface area contributed by atoms with Gasteiger partial charge in [0.2, 0.25) is 5.91 Å². The van der Waals surface area contributed by atoms with E-state index in [1.165, 1.54) is 0 Å². The Bertz CT molecular complexity index is 245. The molecule has 100 valence electrons. The molecule has 1 fully saturated rings. The number of nitrogens with two attached hydrogens (primary N) is 1. The Morgan fingerprint density at radius 3 is 2.88 bits per heavy atom. The molecular weight excluding hydrogens is 214 g/mol. The molecule has 0 saturated carbocycles. The van der Waals surface area contributed by atoms with E-state index in [-0.39, 0.29) is 11.9 Å². The SMILES string of the molecule is CCCCC(N)C(=O)NC1CCN(C)C(C)C1. The van der Waals surface area contributed by atoms with Crippen molar-refractivity contribution in [2.24, 2.45) is 5.73 Å². The number of carbonyl (C=O) groups is 1. The minimum absolute atomic E-state index is 0.0280. The fourth-order valence-corrected chi connectivity index (χ4v) is 2.28. The molecule has 3 N–H and O–H groups in total. The number of unbranched alkanes of at least 4 members (excludes halogenated alkanes) is 1. The maximum atomic E-state index is 11.9. The Balaban J connectivity index is 2.31. The summed E-state index contributed by atoms with van der Waals surface area (Å²) in [4.78, 5) is 14.2. The Morgan fingerprint density at radius 1 is 1.59 bits per heavy atom. The molecule has 1 amide bonds. The van der Waals surface area contributed by atoms with Crippen LogP contribution in [0.15, 0.2) is 0 Å². The van der Waals surface area contributed by atoms with Crippen molar-refractivity contribution in [3.05, 3.63) is 0 Å². The molecule has 1 aliphatic heterocycles. The zero-order valence-electron chi connectivity index (χ0n) is 11.4. The van der Waals surface area contributed by atoms with Gasteiger partial charge in [-0.05, 0) is 33.2 Å². The number of piperidine rings is 1. The monoisotopic (exact) mass is 241 g/mol. The normalized spacial score (nSPS) is 27.8. The lowest BCUT2D eigenvalue weighted by atomic mass is 9.98. The summed E-state index contributed by atoms with van der Waals surface area (Å²) in [6.07, 6.45) is 4.98. The highest BCUT2D eigenvalue weighted by molar-refractivity contribution is 5.81. The highest BCUT2D eigenvalue weighted by Gasteiger charge is 2.25. The van der Waals surface area contributed by atoms with Crippen molar-refractivity contribution in [1.29, 1.82) is 0 Å². The molecule has 0 bridgehead atoms. The number of carbonyl (C=O) groups excluding carboxylic acids is 1. The highest BCUT2D eigenvalue weighted by atomic mass is 16.2. The van der Waals surface area contributed by atoms with Gasteiger partial charge in [0, 0.05) is 18.6 Å². The fraction of sp³-hybridized carbons (Fsp3) is 0.923. The molecule has 1 saturated heterocycles. The van der Waals surface area contributed by atoms with Crippen LogP contribution in [0.5, 0.6) is 0 Å². The predicted octanol–water partition coefficient (Wildman–Crippen LogP) is 1.10. The van der Waals surface area contributed by atoms with Gasteiger partial charge < -0.3 is 16.0 Å². The summed E-state index contributed by atoms with van der Waals surface area (Å²) in [5.74, 6) is 0.0280. The van der Waals surface area contributed by atoms with Crippen LogP contribution >= 0.6 is 0 Å². The molecule has 1 rings (SSSR count). The first-order valence-corrected chi connectivity index (χ1v) is 6.80. The van der Waals surface area contributed by atoms with Crippen molar-refractivity contribution in [1.82, 2.24) is 10.2 Å². The lowest BCUT2D eigenvalue weighted by Crippen LogP contribution is -2.51. The molecule has 0 radical (unpaired) electrons. The van der Waals surface area contributed by atoms with Crippen molar-refractivity contribution < 1.29 is 4.79 Å². The molecule has 4 heteroatoms. The van der Waals surface area contributed by atoms with Gasteiger partial charge in [-0.15, -0.1) is 0 Å². The smallest absolute Gasteiger partial charge is 0.237 e. The van der Waals surface area contributed by atoms with Gasteiger partial charge >= 0.3 is 0 Å². The van der Waals surface area contributed by atoms with E-state index in [1.54, 1.807) is 0 Å². The number of likely N-dealkylation sites (tertiary alicyclic amines) is 1. The van der Waals surface area contributed by atoms with Crippen LogP contribution in [0, 0.1) is 0 Å². The largest absolute Gasteiger partial charge is 0.352 e. The number of rotatable bonds is 5. The van der Waals surface area contributed by atoms with Crippen LogP contribution in [0.1, 0.15) is 46.0 Å². The fourth-order valence-electron chi connectivity index (χ4n) is 2.28. The first-order valence-electron chi connectivity index (χ1n) is 6.80. The molecule has 0 aromatic rings. The van der Waals surface area contributed by atoms with Crippen molar-refractivity contribution >= 4 is 5.91 Å². The van der Waals surface area contributed by atoms with Crippen molar-refractivity contribution in [2.75, 3.05) is 13.6 Å². The molecule has 17 heavy (non-hydrogen) atoms. The topological polar surface area (TPSA) is 58.4 Å². The molecule has 0 aliphatic carbocycles. The second-order valence-corrected chi connectivity index (χ2v) is 5.31. The zero-order chi connectivity index (χ0) is 12.8. The number of hydrogen-bond acceptors (Lipinski definition) is 3. The van der Waals surface area contributed by atoms with E-state index in [2.05, 4.69) is 31.1 Å². The minimum Gasteiger partial charge on any atom is -0.352 e. The first kappa shape index (κ1) is 14.5. The van der Waals surface area contributed by atoms with Gasteiger partial charge in [0.15, 0.2) is 0 Å². The van der Waals surface area contributed by atoms with Gasteiger partial charge in [-0.3, -0.25) is 4.79 Å². The van der Waals surface area contributed by atoms with Crippen LogP contribution < -0.4 is 11.1 Å². The summed E-state index contributed by atoms with van der Waals surface area (Å²) in [7, 11) is 2.13. The van der Waals surface area contributed by atoms with Gasteiger partial charge in [0.1, 0.15) is 0 Å². The zero-order valence-corrected chi connectivity index (χ0v) is 11.4. The van der Waals surface area contributed by atoms with E-state index in [9.17, 15) is 4.79 Å². The van der Waals surface area contributed by atoms with E-state index >= 15 is 0 Å². The number of nitrogens with one attached hydrogen (secondary N) is 1. The van der Waals surface area contributed by atoms with Crippen molar-refractivity contribution in [3.63, 3.8) is 0 Å². The van der Waals surface area contributed by atoms with Crippen LogP contribution in [-0.4, -0.2) is 42.5 Å². The van der Waals surface area contributed by atoms with E-state index in [0.29, 0.717) is 12.1 Å². The lowest BCUT2D eigenvalue weighted by Gasteiger charge is -2.35. The molecule has 4 nitrogen and oxygen atoms in total. The summed E-state index contributed by atoms with van der Waals surface area (Å²) < 4.78 is 0. The lowest BCUT2D eigenvalue weighted by molar-refractivity contribution is -0.123. The van der Waals surface area contributed by atoms with E-state index in [0.717, 1.165) is 38.6 Å². The Kier molecular flexibility index (Phi) is 5.92. The molecule has 0 aromatic carbocycles. The average Bonchev–Trinajstić information content (AvgIpc) is 2.30. The van der Waals surface area contributed by atoms with E-state index < -0.39 is 0 Å². The van der Waals surface area contributed by atoms with Gasteiger partial charge in [-0.25, -0.2) is 0 Å². The Labute approximate surface area is 105 Å². The maximum absolute atomic E-state index is 11.9. The Hall–Kier alpha value is -0.610. The summed E-state index contributed by atoms with van der Waals surface area (Å²) in [6, 6.07) is 0.521. The van der Waals surface area contributed by atoms with Crippen LogP contribution in [-0.2, 0) is 4.79 Å². The number of nitrogens with zero attached hydrogens (tertiary/aromatic N) is 1. The quantitative estimate of drug-likeness (QED) is 0.758. The standard InChI is InChI=1S/C13H27N3O/c1-4-5-6-12(14)13(17)15-11-7-8-16(3)10(2)9-11/h10-12H,4-9,14H2,1-3H3,(H,15,17). The molecule has 3 unspecified atom stereocenters. The van der Waals surface area contributed by atoms with Crippen LogP contribution in [0.4, 0.5) is 0 Å². The second-order valence-electron chi connectivity index (χ2n) is 5.31. The van der Waals surface area contributed by atoms with Crippen molar-refractivity contribution in [2.45, 2.75) is 64.1 Å². The average molecular weight is 241 g/mol. The third-order valence-electron chi connectivity index (χ3n) is 3.76. The van der Waals surface area contributed by atoms with Crippen LogP contribution in [0.25, 0.3) is 0 Å². The van der Waals surface area contributed by atoms with E-state index in [1.807, 2.05) is 0 Å². The summed E-state index contributed by atoms with van der Waals surface area (Å²) >= 11 is 0. The van der Waals surface area contributed by atoms with Crippen LogP contribution in [0.2, 0.25) is 0 Å². The van der Waals surface area contributed by atoms with Crippen molar-refractivity contribution in [3.8, 4) is 0 Å². The van der Waals surface area contributed by atoms with Gasteiger partial charge in [-0.2, -0.15) is 0 Å². The second kappa shape index (κ2) is 6.97. The predicted molar refractivity (Wildman–Crippen MR) is 70.8 cm³/mol. The third-order valence-corrected chi connectivity index (χ3v) is 3.76. The third kappa shape index (κ3) is 4.64. The molecule has 0 spiro atoms. The first-order chi connectivity index (χ1) is 8.04.